The van der Waals surface area contributed by atoms with Gasteiger partial charge in [0.05, 0.1) is 13.2 Å². The van der Waals surface area contributed by atoms with Gasteiger partial charge in [0.1, 0.15) is 12.2 Å². The van der Waals surface area contributed by atoms with E-state index >= 15 is 0 Å². The van der Waals surface area contributed by atoms with Gasteiger partial charge in [-0.1, -0.05) is 19.3 Å². The zero-order chi connectivity index (χ0) is 26.1. The van der Waals surface area contributed by atoms with E-state index in [9.17, 15) is 39.6 Å². The van der Waals surface area contributed by atoms with Gasteiger partial charge in [-0.2, -0.15) is 0 Å². The summed E-state index contributed by atoms with van der Waals surface area (Å²) in [5.74, 6) is -6.85. The third kappa shape index (κ3) is 7.39. The van der Waals surface area contributed by atoms with Gasteiger partial charge < -0.3 is 49.6 Å². The number of rotatable bonds is 14. The molecule has 14 nitrogen and oxygen atoms in total. The number of carbonyl (C=O) groups is 4. The van der Waals surface area contributed by atoms with Gasteiger partial charge in [-0.25, -0.2) is 9.59 Å². The molecule has 0 unspecified atom stereocenters. The van der Waals surface area contributed by atoms with Crippen LogP contribution in [-0.4, -0.2) is 92.1 Å². The Balaban J connectivity index is 1.63. The van der Waals surface area contributed by atoms with Gasteiger partial charge in [0, 0.05) is 12.8 Å². The first-order chi connectivity index (χ1) is 16.6. The maximum absolute atomic E-state index is 11.9. The van der Waals surface area contributed by atoms with Crippen LogP contribution in [0.25, 0.3) is 0 Å². The van der Waals surface area contributed by atoms with Gasteiger partial charge >= 0.3 is 23.9 Å². The highest BCUT2D eigenvalue weighted by atomic mass is 16.6. The van der Waals surface area contributed by atoms with Crippen LogP contribution >= 0.6 is 0 Å². The van der Waals surface area contributed by atoms with E-state index in [1.54, 1.807) is 0 Å². The molecule has 0 spiro atoms. The van der Waals surface area contributed by atoms with Gasteiger partial charge in [0.15, 0.2) is 23.7 Å². The minimum Gasteiger partial charge on any atom is -0.505 e. The lowest BCUT2D eigenvalue weighted by atomic mass is 10.1. The van der Waals surface area contributed by atoms with Gasteiger partial charge in [0.2, 0.25) is 0 Å². The second-order valence-electron chi connectivity index (χ2n) is 7.80. The fourth-order valence-corrected chi connectivity index (χ4v) is 3.22. The largest absolute Gasteiger partial charge is 0.505 e. The van der Waals surface area contributed by atoms with E-state index in [2.05, 4.69) is 9.47 Å². The Kier molecular flexibility index (Phi) is 10.4. The van der Waals surface area contributed by atoms with Crippen LogP contribution in [-0.2, 0) is 38.1 Å². The number of aliphatic hydroxyl groups excluding tert-OH is 6. The first-order valence-electron chi connectivity index (χ1n) is 10.9. The summed E-state index contributed by atoms with van der Waals surface area (Å²) in [6, 6.07) is 0. The van der Waals surface area contributed by atoms with E-state index in [0.717, 1.165) is 0 Å². The monoisotopic (exact) mass is 504 g/mol. The van der Waals surface area contributed by atoms with Crippen LogP contribution < -0.4 is 0 Å². The molecular formula is C21H28O14. The number of esters is 4. The fourth-order valence-electron chi connectivity index (χ4n) is 3.22. The molecule has 196 valence electrons. The quantitative estimate of drug-likeness (QED) is 0.0938. The molecule has 0 aromatic heterocycles. The molecule has 2 aliphatic heterocycles. The highest BCUT2D eigenvalue weighted by molar-refractivity contribution is 5.93. The average molecular weight is 504 g/mol. The third-order valence-corrected chi connectivity index (χ3v) is 5.11. The lowest BCUT2D eigenvalue weighted by Crippen LogP contribution is -2.31. The Hall–Kier alpha value is -3.20. The van der Waals surface area contributed by atoms with Crippen molar-refractivity contribution in [3.63, 3.8) is 0 Å². The summed E-state index contributed by atoms with van der Waals surface area (Å²) in [6.45, 7) is -1.55. The van der Waals surface area contributed by atoms with Gasteiger partial charge in [-0.15, -0.1) is 0 Å². The zero-order valence-corrected chi connectivity index (χ0v) is 18.6. The molecule has 2 rings (SSSR count). The SMILES string of the molecule is O=C(CCCCCCCC(=O)OC1=C(O)[C@@H]([C@@H](O)CO)OC1=O)OC1=C(O)[C@@H]([C@@H](O)CO)OC1=O. The van der Waals surface area contributed by atoms with Gasteiger partial charge in [-0.05, 0) is 12.8 Å². The van der Waals surface area contributed by atoms with Gasteiger partial charge in [-0.3, -0.25) is 9.59 Å². The molecular weight excluding hydrogens is 476 g/mol. The molecule has 2 aliphatic rings. The molecule has 0 amide bonds. The Morgan fingerprint density at radius 1 is 0.714 bits per heavy atom. The molecule has 0 saturated heterocycles. The summed E-state index contributed by atoms with van der Waals surface area (Å²) >= 11 is 0. The standard InChI is InChI=1S/C21H28O14/c22-8-10(24)16-14(28)18(20(30)34-16)32-12(26)6-4-2-1-3-5-7-13(27)33-19-15(29)17(11(25)9-23)35-21(19)31/h10-11,16-17,22-25,28-29H,1-9H2/t10-,11-,16+,17+/m0/s1. The summed E-state index contributed by atoms with van der Waals surface area (Å²) in [7, 11) is 0. The Labute approximate surface area is 199 Å². The maximum Gasteiger partial charge on any atom is 0.378 e. The van der Waals surface area contributed by atoms with E-state index in [1.807, 2.05) is 0 Å². The lowest BCUT2D eigenvalue weighted by molar-refractivity contribution is -0.153. The Morgan fingerprint density at radius 3 is 1.40 bits per heavy atom. The van der Waals surface area contributed by atoms with Crippen LogP contribution in [0.15, 0.2) is 23.0 Å². The summed E-state index contributed by atoms with van der Waals surface area (Å²) in [5, 5.41) is 56.3. The molecule has 0 bridgehead atoms. The number of cyclic esters (lactones) is 2. The number of ether oxygens (including phenoxy) is 4. The molecule has 4 atom stereocenters. The minimum atomic E-state index is -1.56. The van der Waals surface area contributed by atoms with Crippen LogP contribution in [0.1, 0.15) is 44.9 Å². The van der Waals surface area contributed by atoms with Crippen molar-refractivity contribution in [1.29, 1.82) is 0 Å². The predicted octanol–water partition coefficient (Wildman–Crippen LogP) is -1.10. The van der Waals surface area contributed by atoms with E-state index in [1.165, 1.54) is 0 Å². The normalized spacial score (nSPS) is 21.6. The first-order valence-corrected chi connectivity index (χ1v) is 10.9. The van der Waals surface area contributed by atoms with Crippen molar-refractivity contribution in [3.8, 4) is 0 Å². The molecule has 14 heteroatoms. The van der Waals surface area contributed by atoms with Crippen molar-refractivity contribution in [2.75, 3.05) is 13.2 Å². The molecule has 6 N–H and O–H groups in total. The number of unbranched alkanes of at least 4 members (excludes halogenated alkanes) is 4. The highest BCUT2D eigenvalue weighted by Crippen LogP contribution is 2.26. The number of hydrogen-bond donors (Lipinski definition) is 6. The van der Waals surface area contributed by atoms with Crippen LogP contribution in [0, 0.1) is 0 Å². The summed E-state index contributed by atoms with van der Waals surface area (Å²) in [5.41, 5.74) is 0. The lowest BCUT2D eigenvalue weighted by Gasteiger charge is -2.13. The molecule has 2 heterocycles. The fraction of sp³-hybridized carbons (Fsp3) is 0.619. The number of aliphatic hydroxyl groups is 6. The molecule has 0 saturated carbocycles. The summed E-state index contributed by atoms with van der Waals surface area (Å²) < 4.78 is 18.9. The smallest absolute Gasteiger partial charge is 0.378 e. The molecule has 0 radical (unpaired) electrons. The molecule has 0 aromatic rings. The average Bonchev–Trinajstić information content (AvgIpc) is 3.27. The van der Waals surface area contributed by atoms with Crippen molar-refractivity contribution < 1.29 is 68.8 Å². The second-order valence-corrected chi connectivity index (χ2v) is 7.80. The predicted molar refractivity (Wildman–Crippen MR) is 110 cm³/mol. The van der Waals surface area contributed by atoms with E-state index < -0.39 is 84.5 Å². The molecule has 0 fully saturated rings. The highest BCUT2D eigenvalue weighted by Gasteiger charge is 2.42. The molecule has 0 aliphatic carbocycles. The maximum atomic E-state index is 11.9. The third-order valence-electron chi connectivity index (χ3n) is 5.11. The van der Waals surface area contributed by atoms with Crippen molar-refractivity contribution in [1.82, 2.24) is 0 Å². The Morgan fingerprint density at radius 2 is 1.06 bits per heavy atom. The minimum absolute atomic E-state index is 0.0737. The van der Waals surface area contributed by atoms with E-state index in [4.69, 9.17) is 19.7 Å². The van der Waals surface area contributed by atoms with Crippen molar-refractivity contribution in [2.45, 2.75) is 69.4 Å². The van der Waals surface area contributed by atoms with Crippen LogP contribution in [0.5, 0.6) is 0 Å². The topological polar surface area (TPSA) is 227 Å². The van der Waals surface area contributed by atoms with Crippen LogP contribution in [0.4, 0.5) is 0 Å². The van der Waals surface area contributed by atoms with Crippen LogP contribution in [0.2, 0.25) is 0 Å². The van der Waals surface area contributed by atoms with E-state index in [-0.39, 0.29) is 12.8 Å². The van der Waals surface area contributed by atoms with Crippen molar-refractivity contribution >= 4 is 23.9 Å². The first kappa shape index (κ1) is 28.0. The van der Waals surface area contributed by atoms with Crippen LogP contribution in [0.3, 0.4) is 0 Å². The molecule has 0 aromatic carbocycles. The Bertz CT molecular complexity index is 805. The van der Waals surface area contributed by atoms with E-state index in [0.29, 0.717) is 32.1 Å². The van der Waals surface area contributed by atoms with Gasteiger partial charge in [0.25, 0.3) is 11.5 Å². The summed E-state index contributed by atoms with van der Waals surface area (Å²) in [4.78, 5) is 47.0. The van der Waals surface area contributed by atoms with Crippen molar-refractivity contribution in [2.24, 2.45) is 0 Å². The second kappa shape index (κ2) is 13.0. The number of carbonyl (C=O) groups excluding carboxylic acids is 4. The van der Waals surface area contributed by atoms with Crippen molar-refractivity contribution in [3.05, 3.63) is 23.0 Å². The zero-order valence-electron chi connectivity index (χ0n) is 18.6. The summed E-state index contributed by atoms with van der Waals surface area (Å²) in [6.07, 6.45) is -3.73. The number of hydrogen-bond acceptors (Lipinski definition) is 14. The molecule has 35 heavy (non-hydrogen) atoms.